The Morgan fingerprint density at radius 2 is 2.29 bits per heavy atom. The molecule has 0 bridgehead atoms. The van der Waals surface area contributed by atoms with Crippen LogP contribution in [0.5, 0.6) is 0 Å². The Morgan fingerprint density at radius 1 is 1.50 bits per heavy atom. The minimum atomic E-state index is 0.0570. The summed E-state index contributed by atoms with van der Waals surface area (Å²) in [5.41, 5.74) is 0.0570. The molecular weight excluding hydrogens is 198 g/mol. The highest BCUT2D eigenvalue weighted by molar-refractivity contribution is 7.98. The molecule has 2 rings (SSSR count). The molecule has 1 unspecified atom stereocenters. The van der Waals surface area contributed by atoms with E-state index in [1.54, 1.807) is 16.4 Å². The number of aromatic nitrogens is 3. The largest absolute Gasteiger partial charge is 0.346 e. The fourth-order valence-electron chi connectivity index (χ4n) is 1.75. The quantitative estimate of drug-likeness (QED) is 0.742. The maximum Gasteiger partial charge on any atom is 0.346 e. The summed E-state index contributed by atoms with van der Waals surface area (Å²) >= 11 is 1.64. The molecule has 0 saturated heterocycles. The Kier molecular flexibility index (Phi) is 2.67. The van der Waals surface area contributed by atoms with E-state index < -0.39 is 0 Å². The zero-order chi connectivity index (χ0) is 10.1. The molecule has 1 atom stereocenters. The maximum atomic E-state index is 11.9. The van der Waals surface area contributed by atoms with E-state index in [-0.39, 0.29) is 11.1 Å². The van der Waals surface area contributed by atoms with Crippen LogP contribution in [0.1, 0.15) is 31.0 Å². The van der Waals surface area contributed by atoms with Gasteiger partial charge in [-0.2, -0.15) is 5.10 Å². The maximum absolute atomic E-state index is 11.9. The summed E-state index contributed by atoms with van der Waals surface area (Å²) in [6.45, 7) is 2.85. The van der Waals surface area contributed by atoms with E-state index in [0.29, 0.717) is 0 Å². The highest BCUT2D eigenvalue weighted by Crippen LogP contribution is 2.17. The number of hydrogen-bond acceptors (Lipinski definition) is 3. The van der Waals surface area contributed by atoms with Gasteiger partial charge in [-0.05, 0) is 26.0 Å². The number of fused-ring (bicyclic) bond motifs is 1. The first kappa shape index (κ1) is 9.83. The number of thioether (sulfide) groups is 1. The summed E-state index contributed by atoms with van der Waals surface area (Å²) in [4.78, 5) is 11.9. The Bertz CT molecular complexity index is 382. The number of nitrogens with zero attached hydrogens (tertiary/aromatic N) is 3. The van der Waals surface area contributed by atoms with Crippen LogP contribution in [0, 0.1) is 0 Å². The van der Waals surface area contributed by atoms with Crippen molar-refractivity contribution in [1.29, 1.82) is 0 Å². The molecule has 78 valence electrons. The van der Waals surface area contributed by atoms with Gasteiger partial charge in [0.2, 0.25) is 0 Å². The van der Waals surface area contributed by atoms with Gasteiger partial charge in [-0.15, -0.1) is 11.8 Å². The fourth-order valence-corrected chi connectivity index (χ4v) is 2.09. The summed E-state index contributed by atoms with van der Waals surface area (Å²) < 4.78 is 3.42. The van der Waals surface area contributed by atoms with Gasteiger partial charge in [0.1, 0.15) is 5.82 Å². The van der Waals surface area contributed by atoms with Crippen LogP contribution in [0.2, 0.25) is 0 Å². The minimum Gasteiger partial charge on any atom is -0.279 e. The first-order valence-corrected chi connectivity index (χ1v) is 6.24. The van der Waals surface area contributed by atoms with Crippen molar-refractivity contribution >= 4 is 11.8 Å². The zero-order valence-electron chi connectivity index (χ0n) is 8.56. The molecule has 0 aliphatic carbocycles. The van der Waals surface area contributed by atoms with Crippen molar-refractivity contribution in [2.24, 2.45) is 0 Å². The van der Waals surface area contributed by atoms with E-state index in [1.165, 1.54) is 0 Å². The molecule has 0 radical (unpaired) electrons. The van der Waals surface area contributed by atoms with Crippen LogP contribution in [0.4, 0.5) is 0 Å². The number of hydrogen-bond donors (Lipinski definition) is 0. The minimum absolute atomic E-state index is 0.0570. The fraction of sp³-hybridized carbons (Fsp3) is 0.778. The summed E-state index contributed by atoms with van der Waals surface area (Å²) in [5.74, 6) is 0.960. The smallest absolute Gasteiger partial charge is 0.279 e. The van der Waals surface area contributed by atoms with E-state index >= 15 is 0 Å². The average molecular weight is 213 g/mol. The van der Waals surface area contributed by atoms with Gasteiger partial charge in [-0.1, -0.05) is 0 Å². The lowest BCUT2D eigenvalue weighted by atomic mass is 10.2. The molecule has 0 fully saturated rings. The van der Waals surface area contributed by atoms with Crippen molar-refractivity contribution in [3.05, 3.63) is 16.3 Å². The normalized spacial score (nSPS) is 17.9. The zero-order valence-corrected chi connectivity index (χ0v) is 9.38. The van der Waals surface area contributed by atoms with Crippen LogP contribution < -0.4 is 5.69 Å². The molecule has 1 aliphatic heterocycles. The second-order valence-corrected chi connectivity index (χ2v) is 4.74. The van der Waals surface area contributed by atoms with Crippen molar-refractivity contribution in [2.75, 3.05) is 6.26 Å². The van der Waals surface area contributed by atoms with E-state index in [1.807, 2.05) is 17.7 Å². The molecule has 5 heteroatoms. The van der Waals surface area contributed by atoms with Crippen molar-refractivity contribution in [3.63, 3.8) is 0 Å². The van der Waals surface area contributed by atoms with E-state index in [0.717, 1.165) is 31.6 Å². The van der Waals surface area contributed by atoms with E-state index in [9.17, 15) is 4.79 Å². The molecule has 4 nitrogen and oxygen atoms in total. The standard InChI is InChI=1S/C9H15N3OS/c1-7(14-2)12-9(13)11-6-4-3-5-8(11)10-12/h7H,3-6H2,1-2H3. The summed E-state index contributed by atoms with van der Waals surface area (Å²) in [6.07, 6.45) is 5.20. The number of aryl methyl sites for hydroxylation is 1. The summed E-state index contributed by atoms with van der Waals surface area (Å²) in [5, 5.41) is 4.51. The first-order valence-electron chi connectivity index (χ1n) is 4.95. The monoisotopic (exact) mass is 213 g/mol. The second kappa shape index (κ2) is 3.81. The molecule has 0 saturated carbocycles. The SMILES string of the molecule is CSC(C)n1nc2n(c1=O)CCCC2. The Hall–Kier alpha value is -0.710. The topological polar surface area (TPSA) is 39.8 Å². The summed E-state index contributed by atoms with van der Waals surface area (Å²) in [7, 11) is 0. The molecule has 2 heterocycles. The van der Waals surface area contributed by atoms with Gasteiger partial charge < -0.3 is 0 Å². The van der Waals surface area contributed by atoms with Crippen LogP contribution in [0.25, 0.3) is 0 Å². The van der Waals surface area contributed by atoms with Crippen LogP contribution in [0.15, 0.2) is 4.79 Å². The lowest BCUT2D eigenvalue weighted by Crippen LogP contribution is -2.27. The molecule has 0 N–H and O–H groups in total. The molecule has 1 aromatic rings. The molecule has 1 aliphatic rings. The third kappa shape index (κ3) is 1.49. The van der Waals surface area contributed by atoms with Crippen LogP contribution >= 0.6 is 11.8 Å². The first-order chi connectivity index (χ1) is 6.74. The number of rotatable bonds is 2. The van der Waals surface area contributed by atoms with E-state index in [2.05, 4.69) is 5.10 Å². The molecule has 0 amide bonds. The lowest BCUT2D eigenvalue weighted by Gasteiger charge is -2.09. The average Bonchev–Trinajstić information content (AvgIpc) is 2.56. The van der Waals surface area contributed by atoms with Crippen molar-refractivity contribution in [2.45, 2.75) is 38.1 Å². The predicted molar refractivity (Wildman–Crippen MR) is 57.7 cm³/mol. The van der Waals surface area contributed by atoms with Gasteiger partial charge in [0, 0.05) is 13.0 Å². The van der Waals surface area contributed by atoms with Crippen molar-refractivity contribution in [1.82, 2.24) is 14.3 Å². The van der Waals surface area contributed by atoms with Gasteiger partial charge in [0.15, 0.2) is 0 Å². The molecule has 14 heavy (non-hydrogen) atoms. The van der Waals surface area contributed by atoms with Crippen molar-refractivity contribution in [3.8, 4) is 0 Å². The molecule has 1 aromatic heterocycles. The van der Waals surface area contributed by atoms with Crippen LogP contribution in [0.3, 0.4) is 0 Å². The van der Waals surface area contributed by atoms with Gasteiger partial charge >= 0.3 is 5.69 Å². The molecule has 0 aromatic carbocycles. The van der Waals surface area contributed by atoms with Crippen LogP contribution in [-0.2, 0) is 13.0 Å². The van der Waals surface area contributed by atoms with Gasteiger partial charge in [0.05, 0.1) is 5.37 Å². The van der Waals surface area contributed by atoms with Gasteiger partial charge in [-0.25, -0.2) is 9.48 Å². The Balaban J connectivity index is 2.43. The second-order valence-electron chi connectivity index (χ2n) is 3.59. The highest BCUT2D eigenvalue weighted by Gasteiger charge is 2.18. The van der Waals surface area contributed by atoms with Crippen LogP contribution in [-0.4, -0.2) is 20.6 Å². The van der Waals surface area contributed by atoms with E-state index in [4.69, 9.17) is 0 Å². The third-order valence-corrected chi connectivity index (χ3v) is 3.56. The molecular formula is C9H15N3OS. The third-order valence-electron chi connectivity index (χ3n) is 2.68. The lowest BCUT2D eigenvalue weighted by molar-refractivity contribution is 0.511. The Labute approximate surface area is 87.3 Å². The van der Waals surface area contributed by atoms with Gasteiger partial charge in [0.25, 0.3) is 0 Å². The summed E-state index contributed by atoms with van der Waals surface area (Å²) in [6, 6.07) is 0. The van der Waals surface area contributed by atoms with Crippen molar-refractivity contribution < 1.29 is 0 Å². The Morgan fingerprint density at radius 3 is 2.93 bits per heavy atom. The molecule has 0 spiro atoms. The highest BCUT2D eigenvalue weighted by atomic mass is 32.2. The van der Waals surface area contributed by atoms with Gasteiger partial charge in [-0.3, -0.25) is 4.57 Å². The predicted octanol–water partition coefficient (Wildman–Crippen LogP) is 1.26.